The van der Waals surface area contributed by atoms with Crippen molar-refractivity contribution in [2.75, 3.05) is 39.3 Å². The largest absolute Gasteiger partial charge is 0.466 e. The zero-order chi connectivity index (χ0) is 20.1. The van der Waals surface area contributed by atoms with Crippen LogP contribution in [0.15, 0.2) is 4.99 Å². The topological polar surface area (TPSA) is 66.0 Å². The van der Waals surface area contributed by atoms with Crippen LogP contribution in [-0.2, 0) is 9.53 Å². The number of esters is 1. The molecule has 0 radical (unpaired) electrons. The summed E-state index contributed by atoms with van der Waals surface area (Å²) in [5.74, 6) is 0.508. The molecule has 10 heteroatoms. The molecule has 1 saturated heterocycles. The minimum atomic E-state index is -4.15. The van der Waals surface area contributed by atoms with Crippen molar-refractivity contribution in [2.24, 2.45) is 4.99 Å². The molecule has 1 fully saturated rings. The standard InChI is InChI=1S/C18H33F3N4O2.HI/c1-3-22-17(23-11-8-6-5-7-9-16(26)27-4-2)24-15-10-12-25(13-15)14-18(19,20)21;/h15H,3-14H2,1-2H3,(H2,22,23,24);1H. The molecule has 0 spiro atoms. The summed E-state index contributed by atoms with van der Waals surface area (Å²) < 4.78 is 42.3. The molecule has 0 aromatic heterocycles. The minimum Gasteiger partial charge on any atom is -0.466 e. The molecule has 0 aliphatic carbocycles. The van der Waals surface area contributed by atoms with E-state index in [1.807, 2.05) is 6.92 Å². The molecule has 1 heterocycles. The molecular formula is C18H34F3IN4O2. The first-order chi connectivity index (χ1) is 12.8. The molecule has 1 rings (SSSR count). The summed E-state index contributed by atoms with van der Waals surface area (Å²) in [6.07, 6.45) is 0.632. The predicted octanol–water partition coefficient (Wildman–Crippen LogP) is 3.31. The molecule has 1 atom stereocenters. The van der Waals surface area contributed by atoms with E-state index in [0.29, 0.717) is 51.6 Å². The van der Waals surface area contributed by atoms with Gasteiger partial charge in [0.05, 0.1) is 13.2 Å². The molecule has 1 aliphatic heterocycles. The smallest absolute Gasteiger partial charge is 0.401 e. The van der Waals surface area contributed by atoms with Crippen molar-refractivity contribution >= 4 is 35.9 Å². The van der Waals surface area contributed by atoms with E-state index in [1.165, 1.54) is 4.90 Å². The van der Waals surface area contributed by atoms with Gasteiger partial charge in [0.25, 0.3) is 0 Å². The second-order valence-electron chi connectivity index (χ2n) is 6.71. The number of carbonyl (C=O) groups is 1. The number of rotatable bonds is 11. The van der Waals surface area contributed by atoms with E-state index >= 15 is 0 Å². The lowest BCUT2D eigenvalue weighted by atomic mass is 10.1. The highest BCUT2D eigenvalue weighted by Crippen LogP contribution is 2.19. The summed E-state index contributed by atoms with van der Waals surface area (Å²) in [6, 6.07) is -0.0188. The van der Waals surface area contributed by atoms with Crippen LogP contribution in [0.5, 0.6) is 0 Å². The third kappa shape index (κ3) is 13.4. The van der Waals surface area contributed by atoms with Gasteiger partial charge in [0, 0.05) is 38.6 Å². The Morgan fingerprint density at radius 2 is 1.93 bits per heavy atom. The average Bonchev–Trinajstić information content (AvgIpc) is 2.99. The van der Waals surface area contributed by atoms with Gasteiger partial charge in [-0.1, -0.05) is 12.8 Å². The quantitative estimate of drug-likeness (QED) is 0.143. The SMILES string of the molecule is CCNC(=NCCCCCCC(=O)OCC)NC1CCN(CC(F)(F)F)C1.I. The maximum atomic E-state index is 12.5. The number of aliphatic imine (C=N–C) groups is 1. The molecule has 0 bridgehead atoms. The Morgan fingerprint density at radius 1 is 1.21 bits per heavy atom. The Balaban J connectivity index is 0.00000729. The molecule has 1 unspecified atom stereocenters. The molecule has 28 heavy (non-hydrogen) atoms. The molecule has 0 saturated carbocycles. The molecule has 2 N–H and O–H groups in total. The highest BCUT2D eigenvalue weighted by molar-refractivity contribution is 14.0. The number of carbonyl (C=O) groups excluding carboxylic acids is 1. The predicted molar refractivity (Wildman–Crippen MR) is 115 cm³/mol. The molecule has 0 amide bonds. The van der Waals surface area contributed by atoms with E-state index in [2.05, 4.69) is 15.6 Å². The van der Waals surface area contributed by atoms with E-state index in [4.69, 9.17) is 4.74 Å². The van der Waals surface area contributed by atoms with Crippen LogP contribution in [0, 0.1) is 0 Å². The van der Waals surface area contributed by atoms with Gasteiger partial charge in [0.1, 0.15) is 0 Å². The van der Waals surface area contributed by atoms with Crippen LogP contribution < -0.4 is 10.6 Å². The van der Waals surface area contributed by atoms with Gasteiger partial charge in [0.2, 0.25) is 0 Å². The highest BCUT2D eigenvalue weighted by Gasteiger charge is 2.34. The van der Waals surface area contributed by atoms with E-state index in [-0.39, 0.29) is 36.0 Å². The summed E-state index contributed by atoms with van der Waals surface area (Å²) >= 11 is 0. The number of halogens is 4. The van der Waals surface area contributed by atoms with Crippen molar-refractivity contribution in [3.05, 3.63) is 0 Å². The molecule has 0 aromatic carbocycles. The number of likely N-dealkylation sites (tertiary alicyclic amines) is 1. The summed E-state index contributed by atoms with van der Waals surface area (Å²) in [5.41, 5.74) is 0. The van der Waals surface area contributed by atoms with Crippen LogP contribution in [0.3, 0.4) is 0 Å². The first-order valence-electron chi connectivity index (χ1n) is 9.83. The molecule has 6 nitrogen and oxygen atoms in total. The number of hydrogen-bond donors (Lipinski definition) is 2. The number of alkyl halides is 3. The van der Waals surface area contributed by atoms with Crippen LogP contribution >= 0.6 is 24.0 Å². The zero-order valence-corrected chi connectivity index (χ0v) is 19.1. The maximum absolute atomic E-state index is 12.5. The van der Waals surface area contributed by atoms with E-state index in [0.717, 1.165) is 25.7 Å². The maximum Gasteiger partial charge on any atom is 0.401 e. The Labute approximate surface area is 183 Å². The average molecular weight is 522 g/mol. The van der Waals surface area contributed by atoms with Crippen LogP contribution in [0.4, 0.5) is 13.2 Å². The molecule has 1 aliphatic rings. The summed E-state index contributed by atoms with van der Waals surface area (Å²) in [5, 5.41) is 6.37. The first kappa shape index (κ1) is 27.2. The van der Waals surface area contributed by atoms with Crippen LogP contribution in [0.2, 0.25) is 0 Å². The number of unbranched alkanes of at least 4 members (excludes halogenated alkanes) is 3. The fourth-order valence-corrected chi connectivity index (χ4v) is 3.02. The Kier molecular flexibility index (Phi) is 14.7. The van der Waals surface area contributed by atoms with Crippen molar-refractivity contribution in [2.45, 2.75) is 64.6 Å². The monoisotopic (exact) mass is 522 g/mol. The fraction of sp³-hybridized carbons (Fsp3) is 0.889. The van der Waals surface area contributed by atoms with Gasteiger partial charge < -0.3 is 15.4 Å². The first-order valence-corrected chi connectivity index (χ1v) is 9.83. The van der Waals surface area contributed by atoms with Crippen molar-refractivity contribution in [3.8, 4) is 0 Å². The number of ether oxygens (including phenoxy) is 1. The fourth-order valence-electron chi connectivity index (χ4n) is 3.02. The second kappa shape index (κ2) is 15.1. The number of guanidine groups is 1. The normalized spacial score (nSPS) is 17.9. The lowest BCUT2D eigenvalue weighted by Gasteiger charge is -2.19. The summed E-state index contributed by atoms with van der Waals surface area (Å²) in [7, 11) is 0. The molecular weight excluding hydrogens is 488 g/mol. The number of nitrogens with zero attached hydrogens (tertiary/aromatic N) is 2. The van der Waals surface area contributed by atoms with Crippen molar-refractivity contribution in [1.29, 1.82) is 0 Å². The number of hydrogen-bond acceptors (Lipinski definition) is 4. The van der Waals surface area contributed by atoms with E-state index in [9.17, 15) is 18.0 Å². The molecule has 0 aromatic rings. The van der Waals surface area contributed by atoms with Gasteiger partial charge in [-0.05, 0) is 33.1 Å². The van der Waals surface area contributed by atoms with Crippen LogP contribution in [-0.4, -0.2) is 68.4 Å². The highest BCUT2D eigenvalue weighted by atomic mass is 127. The van der Waals surface area contributed by atoms with Gasteiger partial charge in [-0.2, -0.15) is 13.2 Å². The zero-order valence-electron chi connectivity index (χ0n) is 16.8. The summed E-state index contributed by atoms with van der Waals surface area (Å²) in [6.45, 7) is 5.47. The lowest BCUT2D eigenvalue weighted by Crippen LogP contribution is -2.45. The van der Waals surface area contributed by atoms with E-state index in [1.54, 1.807) is 6.92 Å². The van der Waals surface area contributed by atoms with Gasteiger partial charge in [-0.15, -0.1) is 24.0 Å². The van der Waals surface area contributed by atoms with Crippen LogP contribution in [0.1, 0.15) is 52.4 Å². The van der Waals surface area contributed by atoms with E-state index < -0.39 is 12.7 Å². The van der Waals surface area contributed by atoms with Crippen LogP contribution in [0.25, 0.3) is 0 Å². The Morgan fingerprint density at radius 3 is 2.57 bits per heavy atom. The van der Waals surface area contributed by atoms with Crippen molar-refractivity contribution < 1.29 is 22.7 Å². The Bertz CT molecular complexity index is 465. The second-order valence-corrected chi connectivity index (χ2v) is 6.71. The minimum absolute atomic E-state index is 0. The lowest BCUT2D eigenvalue weighted by molar-refractivity contribution is -0.144. The third-order valence-corrected chi connectivity index (χ3v) is 4.22. The van der Waals surface area contributed by atoms with Gasteiger partial charge in [0.15, 0.2) is 5.96 Å². The molecule has 166 valence electrons. The van der Waals surface area contributed by atoms with Gasteiger partial charge in [-0.25, -0.2) is 0 Å². The summed E-state index contributed by atoms with van der Waals surface area (Å²) in [4.78, 5) is 17.2. The third-order valence-electron chi connectivity index (χ3n) is 4.22. The van der Waals surface area contributed by atoms with Gasteiger partial charge in [-0.3, -0.25) is 14.7 Å². The van der Waals surface area contributed by atoms with Crippen molar-refractivity contribution in [1.82, 2.24) is 15.5 Å². The van der Waals surface area contributed by atoms with Crippen molar-refractivity contribution in [3.63, 3.8) is 0 Å². The number of nitrogens with one attached hydrogen (secondary N) is 2. The Hall–Kier alpha value is -0.780. The van der Waals surface area contributed by atoms with Gasteiger partial charge >= 0.3 is 12.1 Å².